The molecule has 184 valence electrons. The van der Waals surface area contributed by atoms with Crippen molar-refractivity contribution in [2.45, 2.75) is 47.1 Å². The normalized spacial score (nSPS) is 12.4. The molecular weight excluding hydrogens is 430 g/mol. The molecule has 2 aromatic rings. The van der Waals surface area contributed by atoms with Gasteiger partial charge in [0.05, 0.1) is 0 Å². The summed E-state index contributed by atoms with van der Waals surface area (Å²) in [6.07, 6.45) is 1.31. The van der Waals surface area contributed by atoms with Crippen LogP contribution in [0, 0.1) is 11.8 Å². The molecule has 0 aromatic heterocycles. The minimum absolute atomic E-state index is 0.126. The van der Waals surface area contributed by atoms with Gasteiger partial charge in [-0.15, -0.1) is 0 Å². The average molecular weight is 468 g/mol. The number of carbonyl (C=O) groups excluding carboxylic acids is 3. The lowest BCUT2D eigenvalue weighted by molar-refractivity contribution is 0.0947. The third-order valence-corrected chi connectivity index (χ3v) is 5.92. The molecule has 0 aliphatic heterocycles. The highest BCUT2D eigenvalue weighted by molar-refractivity contribution is 6.02. The quantitative estimate of drug-likeness (QED) is 0.486. The van der Waals surface area contributed by atoms with Crippen molar-refractivity contribution in [2.75, 3.05) is 25.0 Å². The molecule has 34 heavy (non-hydrogen) atoms. The molecule has 2 aromatic carbocycles. The summed E-state index contributed by atoms with van der Waals surface area (Å²) in [5.74, 6) is 0.0931. The fourth-order valence-electron chi connectivity index (χ4n) is 3.02. The van der Waals surface area contributed by atoms with Gasteiger partial charge in [-0.3, -0.25) is 14.5 Å². The van der Waals surface area contributed by atoms with E-state index in [0.717, 1.165) is 18.4 Å². The second-order valence-electron chi connectivity index (χ2n) is 8.81. The minimum Gasteiger partial charge on any atom is -0.444 e. The Kier molecular flexibility index (Phi) is 10.6. The number of anilines is 1. The van der Waals surface area contributed by atoms with Crippen LogP contribution in [0.25, 0.3) is 0 Å². The Bertz CT molecular complexity index is 917. The zero-order valence-electron chi connectivity index (χ0n) is 20.9. The number of rotatable bonds is 11. The Hall–Kier alpha value is -3.35. The monoisotopic (exact) mass is 467 g/mol. The molecule has 3 amide bonds. The molecule has 0 bridgehead atoms. The highest BCUT2D eigenvalue weighted by atomic mass is 16.6. The molecule has 2 rings (SSSR count). The van der Waals surface area contributed by atoms with Crippen LogP contribution in [0.1, 0.15) is 66.8 Å². The molecule has 2 unspecified atom stereocenters. The molecule has 2 atom stereocenters. The summed E-state index contributed by atoms with van der Waals surface area (Å²) in [5, 5.41) is 5.82. The van der Waals surface area contributed by atoms with Gasteiger partial charge in [0, 0.05) is 37.0 Å². The summed E-state index contributed by atoms with van der Waals surface area (Å²) >= 11 is 0. The maximum absolute atomic E-state index is 12.8. The van der Waals surface area contributed by atoms with Crippen molar-refractivity contribution in [3.8, 4) is 0 Å². The van der Waals surface area contributed by atoms with Gasteiger partial charge in [-0.05, 0) is 35.6 Å². The van der Waals surface area contributed by atoms with Gasteiger partial charge in [-0.25, -0.2) is 4.79 Å². The second-order valence-corrected chi connectivity index (χ2v) is 8.81. The maximum atomic E-state index is 12.8. The Balaban J connectivity index is 2.24. The van der Waals surface area contributed by atoms with Gasteiger partial charge < -0.3 is 15.4 Å². The summed E-state index contributed by atoms with van der Waals surface area (Å²) in [6.45, 7) is 9.43. The summed E-state index contributed by atoms with van der Waals surface area (Å²) in [5.41, 5.74) is 1.91. The SMILES string of the molecule is CCC(C)CNC(=O)c1cc(C(=O)NCC(C)CC)cc(N(C)C(=O)OCc2ccccc2)c1. The number of benzene rings is 2. The average Bonchev–Trinajstić information content (AvgIpc) is 2.88. The Morgan fingerprint density at radius 3 is 1.82 bits per heavy atom. The summed E-state index contributed by atoms with van der Waals surface area (Å²) in [6, 6.07) is 14.1. The van der Waals surface area contributed by atoms with Crippen molar-refractivity contribution in [3.63, 3.8) is 0 Å². The lowest BCUT2D eigenvalue weighted by Gasteiger charge is -2.20. The van der Waals surface area contributed by atoms with E-state index in [-0.39, 0.29) is 18.4 Å². The molecule has 0 saturated heterocycles. The number of hydrogen-bond donors (Lipinski definition) is 2. The van der Waals surface area contributed by atoms with E-state index in [0.29, 0.717) is 41.7 Å². The molecule has 2 N–H and O–H groups in total. The number of nitrogens with zero attached hydrogens (tertiary/aromatic N) is 1. The fraction of sp³-hybridized carbons (Fsp3) is 0.444. The zero-order valence-corrected chi connectivity index (χ0v) is 20.9. The van der Waals surface area contributed by atoms with Crippen LogP contribution in [-0.4, -0.2) is 38.0 Å². The van der Waals surface area contributed by atoms with Crippen LogP contribution >= 0.6 is 0 Å². The van der Waals surface area contributed by atoms with Crippen LogP contribution in [0.4, 0.5) is 10.5 Å². The van der Waals surface area contributed by atoms with Gasteiger partial charge >= 0.3 is 6.09 Å². The standard InChI is InChI=1S/C27H37N3O4/c1-6-19(3)16-28-25(31)22-13-23(26(32)29-17-20(4)7-2)15-24(14-22)30(5)27(33)34-18-21-11-9-8-10-12-21/h8-15,19-20H,6-7,16-18H2,1-5H3,(H,28,31)(H,29,32). The Labute approximate surface area is 202 Å². The number of carbonyl (C=O) groups is 3. The van der Waals surface area contributed by atoms with Crippen LogP contribution in [-0.2, 0) is 11.3 Å². The van der Waals surface area contributed by atoms with Crippen molar-refractivity contribution in [3.05, 3.63) is 65.2 Å². The summed E-state index contributed by atoms with van der Waals surface area (Å²) in [4.78, 5) is 39.7. The second kappa shape index (κ2) is 13.4. The smallest absolute Gasteiger partial charge is 0.414 e. The molecule has 7 nitrogen and oxygen atoms in total. The first-order valence-corrected chi connectivity index (χ1v) is 11.9. The molecule has 0 heterocycles. The molecule has 0 radical (unpaired) electrons. The van der Waals surface area contributed by atoms with Crippen molar-refractivity contribution in [2.24, 2.45) is 11.8 Å². The van der Waals surface area contributed by atoms with Crippen LogP contribution in [0.15, 0.2) is 48.5 Å². The molecule has 0 spiro atoms. The molecule has 0 aliphatic rings. The molecule has 0 fully saturated rings. The van der Waals surface area contributed by atoms with Gasteiger partial charge in [0.2, 0.25) is 0 Å². The minimum atomic E-state index is -0.577. The zero-order chi connectivity index (χ0) is 25.1. The van der Waals surface area contributed by atoms with Crippen LogP contribution in [0.3, 0.4) is 0 Å². The first kappa shape index (κ1) is 26.9. The van der Waals surface area contributed by atoms with Gasteiger partial charge in [-0.2, -0.15) is 0 Å². The van der Waals surface area contributed by atoms with Crippen molar-refractivity contribution >= 4 is 23.6 Å². The number of nitrogens with one attached hydrogen (secondary N) is 2. The first-order valence-electron chi connectivity index (χ1n) is 11.9. The van der Waals surface area contributed by atoms with E-state index >= 15 is 0 Å². The first-order chi connectivity index (χ1) is 16.2. The Morgan fingerprint density at radius 1 is 0.853 bits per heavy atom. The van der Waals surface area contributed by atoms with Crippen molar-refractivity contribution in [1.29, 1.82) is 0 Å². The van der Waals surface area contributed by atoms with Crippen molar-refractivity contribution < 1.29 is 19.1 Å². The lowest BCUT2D eigenvalue weighted by Crippen LogP contribution is -2.32. The third kappa shape index (κ3) is 8.21. The predicted octanol–water partition coefficient (Wildman–Crippen LogP) is 5.01. The molecular formula is C27H37N3O4. The van der Waals surface area contributed by atoms with Gasteiger partial charge in [-0.1, -0.05) is 70.9 Å². The fourth-order valence-corrected chi connectivity index (χ4v) is 3.02. The van der Waals surface area contributed by atoms with Crippen LogP contribution in [0.2, 0.25) is 0 Å². The van der Waals surface area contributed by atoms with E-state index < -0.39 is 6.09 Å². The van der Waals surface area contributed by atoms with E-state index in [9.17, 15) is 14.4 Å². The van der Waals surface area contributed by atoms with E-state index in [2.05, 4.69) is 38.3 Å². The number of hydrogen-bond acceptors (Lipinski definition) is 4. The maximum Gasteiger partial charge on any atom is 0.414 e. The van der Waals surface area contributed by atoms with E-state index in [1.807, 2.05) is 30.3 Å². The van der Waals surface area contributed by atoms with E-state index in [1.165, 1.54) is 4.90 Å². The molecule has 7 heteroatoms. The molecule has 0 aliphatic carbocycles. The van der Waals surface area contributed by atoms with Crippen LogP contribution in [0.5, 0.6) is 0 Å². The molecule has 0 saturated carbocycles. The number of amides is 3. The van der Waals surface area contributed by atoms with E-state index in [1.54, 1.807) is 25.2 Å². The third-order valence-electron chi connectivity index (χ3n) is 5.92. The highest BCUT2D eigenvalue weighted by Crippen LogP contribution is 2.20. The van der Waals surface area contributed by atoms with Crippen LogP contribution < -0.4 is 15.5 Å². The number of ether oxygens (including phenoxy) is 1. The van der Waals surface area contributed by atoms with Gasteiger partial charge in [0.1, 0.15) is 6.61 Å². The largest absolute Gasteiger partial charge is 0.444 e. The van der Waals surface area contributed by atoms with Gasteiger partial charge in [0.25, 0.3) is 11.8 Å². The summed E-state index contributed by atoms with van der Waals surface area (Å²) < 4.78 is 5.42. The predicted molar refractivity (Wildman–Crippen MR) is 135 cm³/mol. The van der Waals surface area contributed by atoms with Gasteiger partial charge in [0.15, 0.2) is 0 Å². The van der Waals surface area contributed by atoms with E-state index in [4.69, 9.17) is 4.74 Å². The Morgan fingerprint density at radius 2 is 1.35 bits per heavy atom. The lowest BCUT2D eigenvalue weighted by atomic mass is 10.1. The van der Waals surface area contributed by atoms with Crippen molar-refractivity contribution in [1.82, 2.24) is 10.6 Å². The highest BCUT2D eigenvalue weighted by Gasteiger charge is 2.19. The topological polar surface area (TPSA) is 87.7 Å². The summed E-state index contributed by atoms with van der Waals surface area (Å²) in [7, 11) is 1.56.